The van der Waals surface area contributed by atoms with Crippen molar-refractivity contribution in [1.82, 2.24) is 19.1 Å². The highest BCUT2D eigenvalue weighted by atomic mass is 32.2. The van der Waals surface area contributed by atoms with Gasteiger partial charge in [0, 0.05) is 19.3 Å². The summed E-state index contributed by atoms with van der Waals surface area (Å²) < 4.78 is 2.83. The molecule has 0 aliphatic carbocycles. The number of aryl methyl sites for hydroxylation is 2. The number of fused-ring (bicyclic) bond motifs is 1. The van der Waals surface area contributed by atoms with Crippen LogP contribution in [-0.4, -0.2) is 24.4 Å². The molecule has 0 spiro atoms. The highest BCUT2D eigenvalue weighted by Crippen LogP contribution is 2.25. The first kappa shape index (κ1) is 12.0. The van der Waals surface area contributed by atoms with Crippen molar-refractivity contribution in [3.05, 3.63) is 21.0 Å². The van der Waals surface area contributed by atoms with Gasteiger partial charge in [0.15, 0.2) is 0 Å². The lowest BCUT2D eigenvalue weighted by atomic mass is 10.5. The van der Waals surface area contributed by atoms with Crippen LogP contribution in [0.5, 0.6) is 0 Å². The first-order chi connectivity index (χ1) is 7.91. The van der Waals surface area contributed by atoms with Gasteiger partial charge in [-0.1, -0.05) is 13.8 Å². The molecular weight excluding hydrogens is 240 g/mol. The van der Waals surface area contributed by atoms with Crippen molar-refractivity contribution in [1.29, 1.82) is 0 Å². The van der Waals surface area contributed by atoms with Gasteiger partial charge in [-0.2, -0.15) is 4.98 Å². The van der Waals surface area contributed by atoms with Crippen molar-refractivity contribution < 1.29 is 0 Å². The summed E-state index contributed by atoms with van der Waals surface area (Å²) in [6, 6.07) is 0. The lowest BCUT2D eigenvalue weighted by molar-refractivity contribution is 0.809. The van der Waals surface area contributed by atoms with E-state index in [1.165, 1.54) is 20.9 Å². The van der Waals surface area contributed by atoms with Crippen molar-refractivity contribution in [2.24, 2.45) is 14.1 Å². The minimum atomic E-state index is -0.359. The lowest BCUT2D eigenvalue weighted by Gasteiger charge is -2.07. The van der Waals surface area contributed by atoms with Crippen LogP contribution in [0.1, 0.15) is 13.8 Å². The Kier molecular flexibility index (Phi) is 2.86. The molecule has 0 atom stereocenters. The molecule has 0 aliphatic rings. The SMILES string of the molecule is CC(C)Sc1nc(=O)n(C)c2[nH]c(=O)n(C)c12. The maximum atomic E-state index is 11.7. The number of hydrogen-bond donors (Lipinski definition) is 1. The lowest BCUT2D eigenvalue weighted by Crippen LogP contribution is -2.21. The second-order valence-electron chi connectivity index (χ2n) is 4.11. The third-order valence-electron chi connectivity index (χ3n) is 2.46. The predicted octanol–water partition coefficient (Wildman–Crippen LogP) is 0.461. The second kappa shape index (κ2) is 4.06. The minimum absolute atomic E-state index is 0.242. The summed E-state index contributed by atoms with van der Waals surface area (Å²) in [7, 11) is 3.26. The number of nitrogens with one attached hydrogen (secondary N) is 1. The average Bonchev–Trinajstić information content (AvgIpc) is 2.52. The average molecular weight is 254 g/mol. The van der Waals surface area contributed by atoms with E-state index >= 15 is 0 Å². The normalized spacial score (nSPS) is 11.6. The van der Waals surface area contributed by atoms with E-state index in [1.54, 1.807) is 14.1 Å². The molecule has 0 unspecified atom stereocenters. The van der Waals surface area contributed by atoms with Crippen molar-refractivity contribution in [2.75, 3.05) is 0 Å². The molecule has 0 aliphatic heterocycles. The molecule has 92 valence electrons. The van der Waals surface area contributed by atoms with Crippen LogP contribution >= 0.6 is 11.8 Å². The molecule has 17 heavy (non-hydrogen) atoms. The van der Waals surface area contributed by atoms with Crippen LogP contribution in [0, 0.1) is 0 Å². The first-order valence-electron chi connectivity index (χ1n) is 5.24. The summed E-state index contributed by atoms with van der Waals surface area (Å²) in [6.07, 6.45) is 0. The van der Waals surface area contributed by atoms with E-state index in [-0.39, 0.29) is 11.4 Å². The molecule has 2 aromatic heterocycles. The van der Waals surface area contributed by atoms with Crippen LogP contribution in [0.15, 0.2) is 14.6 Å². The standard InChI is InChI=1S/C10H14N4O2S/c1-5(2)17-8-6-7(11-9(15)13(6)3)14(4)10(16)12-8/h5H,1-4H3,(H,11,15). The van der Waals surface area contributed by atoms with Gasteiger partial charge >= 0.3 is 11.4 Å². The summed E-state index contributed by atoms with van der Waals surface area (Å²) in [5.74, 6) is 0. The highest BCUT2D eigenvalue weighted by Gasteiger charge is 2.15. The number of aromatic amines is 1. The Labute approximate surface area is 102 Å². The van der Waals surface area contributed by atoms with E-state index < -0.39 is 0 Å². The van der Waals surface area contributed by atoms with Gasteiger partial charge in [-0.05, 0) is 0 Å². The van der Waals surface area contributed by atoms with Gasteiger partial charge in [-0.15, -0.1) is 11.8 Å². The summed E-state index contributed by atoms with van der Waals surface area (Å²) in [6.45, 7) is 4.03. The van der Waals surface area contributed by atoms with Crippen molar-refractivity contribution in [3.63, 3.8) is 0 Å². The molecule has 7 heteroatoms. The smallest absolute Gasteiger partial charge is 0.291 e. The molecule has 0 bridgehead atoms. The number of hydrogen-bond acceptors (Lipinski definition) is 4. The number of imidazole rings is 1. The second-order valence-corrected chi connectivity index (χ2v) is 5.68. The van der Waals surface area contributed by atoms with Crippen molar-refractivity contribution >= 4 is 22.9 Å². The number of H-pyrrole nitrogens is 1. The maximum absolute atomic E-state index is 11.7. The molecule has 1 N–H and O–H groups in total. The first-order valence-corrected chi connectivity index (χ1v) is 6.12. The van der Waals surface area contributed by atoms with E-state index in [9.17, 15) is 9.59 Å². The van der Waals surface area contributed by atoms with Crippen molar-refractivity contribution in [3.8, 4) is 0 Å². The zero-order valence-electron chi connectivity index (χ0n) is 10.1. The Morgan fingerprint density at radius 1 is 1.24 bits per heavy atom. The molecule has 0 amide bonds. The van der Waals surface area contributed by atoms with Crippen LogP contribution in [0.4, 0.5) is 0 Å². The Morgan fingerprint density at radius 2 is 1.88 bits per heavy atom. The summed E-state index contributed by atoms with van der Waals surface area (Å²) in [5.41, 5.74) is 0.590. The zero-order chi connectivity index (χ0) is 12.7. The monoisotopic (exact) mass is 254 g/mol. The fourth-order valence-electron chi connectivity index (χ4n) is 1.61. The van der Waals surface area contributed by atoms with Gasteiger partial charge in [0.2, 0.25) is 0 Å². The third kappa shape index (κ3) is 1.90. The van der Waals surface area contributed by atoms with Gasteiger partial charge < -0.3 is 0 Å². The molecule has 2 rings (SSSR count). The van der Waals surface area contributed by atoms with E-state index in [0.717, 1.165) is 0 Å². The summed E-state index contributed by atoms with van der Waals surface area (Å²) in [5, 5.41) is 0.891. The van der Waals surface area contributed by atoms with Gasteiger partial charge in [0.1, 0.15) is 16.2 Å². The van der Waals surface area contributed by atoms with E-state index in [1.807, 2.05) is 13.8 Å². The molecular formula is C10H14N4O2S. The Hall–Kier alpha value is -1.50. The summed E-state index contributed by atoms with van der Waals surface area (Å²) >= 11 is 1.47. The number of aromatic nitrogens is 4. The molecule has 6 nitrogen and oxygen atoms in total. The number of rotatable bonds is 2. The van der Waals surface area contributed by atoms with Crippen molar-refractivity contribution in [2.45, 2.75) is 24.1 Å². The largest absolute Gasteiger partial charge is 0.350 e. The van der Waals surface area contributed by atoms with Crippen LogP contribution in [0.2, 0.25) is 0 Å². The maximum Gasteiger partial charge on any atom is 0.350 e. The Bertz CT molecular complexity index is 680. The van der Waals surface area contributed by atoms with Crippen LogP contribution < -0.4 is 11.4 Å². The quantitative estimate of drug-likeness (QED) is 0.624. The van der Waals surface area contributed by atoms with Gasteiger partial charge in [0.05, 0.1) is 0 Å². The predicted molar refractivity (Wildman–Crippen MR) is 67.6 cm³/mol. The zero-order valence-corrected chi connectivity index (χ0v) is 11.0. The Balaban J connectivity index is 2.88. The topological polar surface area (TPSA) is 72.7 Å². The third-order valence-corrected chi connectivity index (χ3v) is 3.44. The fourth-order valence-corrected chi connectivity index (χ4v) is 2.53. The molecule has 0 radical (unpaired) electrons. The van der Waals surface area contributed by atoms with E-state index in [2.05, 4.69) is 9.97 Å². The molecule has 0 fully saturated rings. The molecule has 2 heterocycles. The highest BCUT2D eigenvalue weighted by molar-refractivity contribution is 8.00. The van der Waals surface area contributed by atoms with Gasteiger partial charge in [0.25, 0.3) is 0 Å². The van der Waals surface area contributed by atoms with Crippen LogP contribution in [0.25, 0.3) is 11.2 Å². The van der Waals surface area contributed by atoms with Crippen LogP contribution in [-0.2, 0) is 14.1 Å². The Morgan fingerprint density at radius 3 is 2.47 bits per heavy atom. The molecule has 2 aromatic rings. The number of thioether (sulfide) groups is 1. The molecule has 0 saturated carbocycles. The fraction of sp³-hybridized carbons (Fsp3) is 0.500. The van der Waals surface area contributed by atoms with E-state index in [4.69, 9.17) is 0 Å². The van der Waals surface area contributed by atoms with Gasteiger partial charge in [-0.3, -0.25) is 14.1 Å². The molecule has 0 saturated heterocycles. The summed E-state index contributed by atoms with van der Waals surface area (Å²) in [4.78, 5) is 29.9. The van der Waals surface area contributed by atoms with Gasteiger partial charge in [-0.25, -0.2) is 9.59 Å². The number of nitrogens with zero attached hydrogens (tertiary/aromatic N) is 3. The molecule has 0 aromatic carbocycles. The van der Waals surface area contributed by atoms with Crippen LogP contribution in [0.3, 0.4) is 0 Å². The minimum Gasteiger partial charge on any atom is -0.291 e. The van der Waals surface area contributed by atoms with E-state index in [0.29, 0.717) is 21.4 Å².